The van der Waals surface area contributed by atoms with Crippen LogP contribution in [0.15, 0.2) is 28.8 Å². The first kappa shape index (κ1) is 17.6. The van der Waals surface area contributed by atoms with Crippen LogP contribution in [0.1, 0.15) is 69.1 Å². The van der Waals surface area contributed by atoms with Crippen LogP contribution >= 0.6 is 0 Å². The van der Waals surface area contributed by atoms with Crippen LogP contribution in [0.4, 0.5) is 0 Å². The minimum Gasteiger partial charge on any atom is -0.339 e. The van der Waals surface area contributed by atoms with Crippen LogP contribution in [0, 0.1) is 0 Å². The van der Waals surface area contributed by atoms with Gasteiger partial charge in [0, 0.05) is 18.5 Å². The van der Waals surface area contributed by atoms with Crippen molar-refractivity contribution in [2.45, 2.75) is 58.3 Å². The van der Waals surface area contributed by atoms with Gasteiger partial charge in [-0.2, -0.15) is 4.98 Å². The van der Waals surface area contributed by atoms with E-state index in [4.69, 9.17) is 4.52 Å². The van der Waals surface area contributed by atoms with E-state index < -0.39 is 0 Å². The zero-order valence-electron chi connectivity index (χ0n) is 15.4. The van der Waals surface area contributed by atoms with Crippen molar-refractivity contribution in [3.63, 3.8) is 0 Å². The lowest BCUT2D eigenvalue weighted by Gasteiger charge is -2.25. The van der Waals surface area contributed by atoms with Gasteiger partial charge in [-0.25, -0.2) is 0 Å². The molecule has 0 unspecified atom stereocenters. The molecule has 3 rings (SSSR count). The third-order valence-corrected chi connectivity index (χ3v) is 4.63. The lowest BCUT2D eigenvalue weighted by atomic mass is 9.96. The van der Waals surface area contributed by atoms with Crippen molar-refractivity contribution < 1.29 is 9.32 Å². The summed E-state index contributed by atoms with van der Waals surface area (Å²) in [5.41, 5.74) is 1.17. The van der Waals surface area contributed by atoms with Crippen LogP contribution in [0.5, 0.6) is 0 Å². The van der Waals surface area contributed by atoms with Gasteiger partial charge in [0.1, 0.15) is 0 Å². The number of hydrogen-bond donors (Lipinski definition) is 0. The maximum absolute atomic E-state index is 13.1. The molecule has 25 heavy (non-hydrogen) atoms. The number of aromatic nitrogens is 2. The molecule has 134 valence electrons. The monoisotopic (exact) mass is 341 g/mol. The van der Waals surface area contributed by atoms with Crippen molar-refractivity contribution >= 4 is 5.91 Å². The van der Waals surface area contributed by atoms with Crippen LogP contribution in [-0.2, 0) is 5.41 Å². The quantitative estimate of drug-likeness (QED) is 0.810. The minimum absolute atomic E-state index is 0.0630. The summed E-state index contributed by atoms with van der Waals surface area (Å²) >= 11 is 0. The van der Waals surface area contributed by atoms with E-state index in [0.717, 1.165) is 31.5 Å². The predicted molar refractivity (Wildman–Crippen MR) is 97.4 cm³/mol. The molecule has 0 atom stereocenters. The van der Waals surface area contributed by atoms with Crippen LogP contribution < -0.4 is 0 Å². The first-order valence-corrected chi connectivity index (χ1v) is 9.20. The second-order valence-electron chi connectivity index (χ2n) is 7.78. The Morgan fingerprint density at radius 3 is 2.32 bits per heavy atom. The van der Waals surface area contributed by atoms with Crippen LogP contribution in [0.25, 0.3) is 11.5 Å². The third-order valence-electron chi connectivity index (χ3n) is 4.63. The Bertz CT molecular complexity index is 723. The Balaban J connectivity index is 1.90. The number of amides is 1. The van der Waals surface area contributed by atoms with Gasteiger partial charge in [0.2, 0.25) is 0 Å². The fourth-order valence-corrected chi connectivity index (χ4v) is 3.11. The van der Waals surface area contributed by atoms with Gasteiger partial charge in [-0.05, 0) is 25.0 Å². The highest BCUT2D eigenvalue weighted by Crippen LogP contribution is 2.27. The van der Waals surface area contributed by atoms with Gasteiger partial charge in [0.05, 0.1) is 11.1 Å². The molecule has 0 radical (unpaired) electrons. The second-order valence-corrected chi connectivity index (χ2v) is 7.78. The normalized spacial score (nSPS) is 16.4. The fraction of sp³-hybridized carbons (Fsp3) is 0.550. The second kappa shape index (κ2) is 7.38. The Kier molecular flexibility index (Phi) is 5.21. The molecule has 5 nitrogen and oxygen atoms in total. The van der Waals surface area contributed by atoms with E-state index in [-0.39, 0.29) is 11.3 Å². The Labute approximate surface area is 149 Å². The van der Waals surface area contributed by atoms with Crippen LogP contribution in [0.2, 0.25) is 0 Å². The molecule has 5 heteroatoms. The summed E-state index contributed by atoms with van der Waals surface area (Å²) in [5, 5.41) is 4.09. The zero-order valence-corrected chi connectivity index (χ0v) is 15.4. The van der Waals surface area contributed by atoms with Crippen LogP contribution in [0.3, 0.4) is 0 Å². The van der Waals surface area contributed by atoms with Gasteiger partial charge in [0.15, 0.2) is 5.82 Å². The Morgan fingerprint density at radius 1 is 1.04 bits per heavy atom. The number of likely N-dealkylation sites (tertiary alicyclic amines) is 1. The Morgan fingerprint density at radius 2 is 1.68 bits per heavy atom. The third kappa shape index (κ3) is 4.09. The standard InChI is InChI=1S/C20H27N3O2/c1-20(2,3)19-21-17(25-22-19)15-11-7-8-12-16(15)18(24)23-13-9-5-4-6-10-14-23/h7-8,11-12H,4-6,9-10,13-14H2,1-3H3. The van der Waals surface area contributed by atoms with E-state index >= 15 is 0 Å². The molecule has 1 fully saturated rings. The largest absolute Gasteiger partial charge is 0.339 e. The molecule has 0 spiro atoms. The van der Waals surface area contributed by atoms with Gasteiger partial charge in [0.25, 0.3) is 11.8 Å². The predicted octanol–water partition coefficient (Wildman–Crippen LogP) is 4.44. The maximum atomic E-state index is 13.1. The fourth-order valence-electron chi connectivity index (χ4n) is 3.11. The highest BCUT2D eigenvalue weighted by atomic mass is 16.5. The van der Waals surface area contributed by atoms with E-state index in [1.165, 1.54) is 19.3 Å². The summed E-state index contributed by atoms with van der Waals surface area (Å²) in [7, 11) is 0. The summed E-state index contributed by atoms with van der Waals surface area (Å²) < 4.78 is 5.47. The minimum atomic E-state index is -0.191. The molecule has 1 saturated heterocycles. The summed E-state index contributed by atoms with van der Waals surface area (Å²) in [6, 6.07) is 7.54. The molecule has 0 bridgehead atoms. The Hall–Kier alpha value is -2.17. The molecule has 0 aliphatic carbocycles. The average Bonchev–Trinajstić information content (AvgIpc) is 3.04. The molecule has 1 aromatic heterocycles. The number of rotatable bonds is 2. The highest BCUT2D eigenvalue weighted by Gasteiger charge is 2.25. The van der Waals surface area contributed by atoms with Gasteiger partial charge in [-0.3, -0.25) is 4.79 Å². The van der Waals surface area contributed by atoms with Crippen molar-refractivity contribution in [3.05, 3.63) is 35.7 Å². The molecular weight excluding hydrogens is 314 g/mol. The van der Waals surface area contributed by atoms with Gasteiger partial charge < -0.3 is 9.42 Å². The smallest absolute Gasteiger partial charge is 0.258 e. The SMILES string of the molecule is CC(C)(C)c1noc(-c2ccccc2C(=O)N2CCCCCCC2)n1. The number of hydrogen-bond acceptors (Lipinski definition) is 4. The molecule has 1 aliphatic heterocycles. The van der Waals surface area contributed by atoms with E-state index in [2.05, 4.69) is 10.1 Å². The molecule has 1 aromatic carbocycles. The summed E-state index contributed by atoms with van der Waals surface area (Å²) in [6.07, 6.45) is 5.81. The number of benzene rings is 1. The zero-order chi connectivity index (χ0) is 17.9. The van der Waals surface area contributed by atoms with Crippen molar-refractivity contribution in [3.8, 4) is 11.5 Å². The first-order chi connectivity index (χ1) is 12.0. The summed E-state index contributed by atoms with van der Waals surface area (Å²) in [5.74, 6) is 1.13. The van der Waals surface area contributed by atoms with Crippen molar-refractivity contribution in [1.82, 2.24) is 15.0 Å². The summed E-state index contributed by atoms with van der Waals surface area (Å²) in [6.45, 7) is 7.77. The van der Waals surface area contributed by atoms with E-state index in [0.29, 0.717) is 17.3 Å². The van der Waals surface area contributed by atoms with Crippen molar-refractivity contribution in [2.24, 2.45) is 0 Å². The summed E-state index contributed by atoms with van der Waals surface area (Å²) in [4.78, 5) is 19.6. The topological polar surface area (TPSA) is 59.2 Å². The molecule has 2 aromatic rings. The maximum Gasteiger partial charge on any atom is 0.258 e. The molecule has 0 saturated carbocycles. The lowest BCUT2D eigenvalue weighted by Crippen LogP contribution is -2.34. The molecular formula is C20H27N3O2. The van der Waals surface area contributed by atoms with E-state index in [9.17, 15) is 4.79 Å². The molecule has 1 amide bonds. The van der Waals surface area contributed by atoms with Gasteiger partial charge >= 0.3 is 0 Å². The number of nitrogens with zero attached hydrogens (tertiary/aromatic N) is 3. The van der Waals surface area contributed by atoms with Gasteiger partial charge in [-0.15, -0.1) is 0 Å². The molecule has 0 N–H and O–H groups in total. The first-order valence-electron chi connectivity index (χ1n) is 9.20. The molecule has 1 aliphatic rings. The van der Waals surface area contributed by atoms with E-state index in [1.54, 1.807) is 0 Å². The van der Waals surface area contributed by atoms with Crippen molar-refractivity contribution in [2.75, 3.05) is 13.1 Å². The lowest BCUT2D eigenvalue weighted by molar-refractivity contribution is 0.0743. The number of carbonyl (C=O) groups excluding carboxylic acids is 1. The number of carbonyl (C=O) groups is 1. The van der Waals surface area contributed by atoms with Crippen LogP contribution in [-0.4, -0.2) is 34.0 Å². The van der Waals surface area contributed by atoms with Gasteiger partial charge in [-0.1, -0.05) is 57.3 Å². The van der Waals surface area contributed by atoms with Crippen molar-refractivity contribution in [1.29, 1.82) is 0 Å². The highest BCUT2D eigenvalue weighted by molar-refractivity contribution is 6.00. The molecule has 2 heterocycles. The van der Waals surface area contributed by atoms with E-state index in [1.807, 2.05) is 49.9 Å². The average molecular weight is 341 g/mol.